The highest BCUT2D eigenvalue weighted by molar-refractivity contribution is 7.89. The van der Waals surface area contributed by atoms with Crippen LogP contribution in [-0.2, 0) is 10.0 Å². The minimum atomic E-state index is -3.50. The van der Waals surface area contributed by atoms with Crippen LogP contribution in [0, 0.1) is 6.92 Å². The molecule has 0 radical (unpaired) electrons. The molecule has 2 aromatic carbocycles. The molecule has 1 saturated heterocycles. The molecule has 134 valence electrons. The van der Waals surface area contributed by atoms with E-state index in [1.165, 1.54) is 19.3 Å². The summed E-state index contributed by atoms with van der Waals surface area (Å²) < 4.78 is 28.1. The van der Waals surface area contributed by atoms with E-state index in [2.05, 4.69) is 21.8 Å². The van der Waals surface area contributed by atoms with Gasteiger partial charge in [-0.2, -0.15) is 0 Å². The second kappa shape index (κ2) is 8.13. The Bertz CT molecular complexity index is 767. The predicted octanol–water partition coefficient (Wildman–Crippen LogP) is 3.50. The lowest BCUT2D eigenvalue weighted by molar-refractivity contribution is 0.164. The highest BCUT2D eigenvalue weighted by atomic mass is 32.2. The van der Waals surface area contributed by atoms with Gasteiger partial charge in [0.2, 0.25) is 10.0 Å². The minimum Gasteiger partial charge on any atom is -0.295 e. The third-order valence-corrected chi connectivity index (χ3v) is 6.25. The fourth-order valence-corrected chi connectivity index (χ4v) is 4.39. The summed E-state index contributed by atoms with van der Waals surface area (Å²) in [6.45, 7) is 4.38. The molecule has 1 aliphatic heterocycles. The third kappa shape index (κ3) is 4.69. The van der Waals surface area contributed by atoms with Crippen LogP contribution < -0.4 is 4.72 Å². The van der Waals surface area contributed by atoms with E-state index in [-0.39, 0.29) is 6.04 Å². The van der Waals surface area contributed by atoms with Crippen LogP contribution in [0.4, 0.5) is 0 Å². The monoisotopic (exact) mass is 358 g/mol. The van der Waals surface area contributed by atoms with Gasteiger partial charge in [0.25, 0.3) is 0 Å². The molecule has 0 saturated carbocycles. The number of hydrogen-bond donors (Lipinski definition) is 1. The van der Waals surface area contributed by atoms with Crippen LogP contribution in [0.3, 0.4) is 0 Å². The number of aryl methyl sites for hydroxylation is 1. The van der Waals surface area contributed by atoms with Gasteiger partial charge in [-0.05, 0) is 50.6 Å². The summed E-state index contributed by atoms with van der Waals surface area (Å²) >= 11 is 0. The van der Waals surface area contributed by atoms with E-state index in [0.717, 1.165) is 24.2 Å². The molecule has 1 atom stereocenters. The number of likely N-dealkylation sites (tertiary alicyclic amines) is 1. The molecule has 2 aromatic rings. The van der Waals surface area contributed by atoms with Gasteiger partial charge in [0.15, 0.2) is 0 Å². The van der Waals surface area contributed by atoms with Crippen molar-refractivity contribution in [3.05, 3.63) is 65.7 Å². The number of rotatable bonds is 6. The van der Waals surface area contributed by atoms with E-state index in [1.807, 2.05) is 37.3 Å². The molecule has 1 aliphatic rings. The number of piperidine rings is 1. The lowest BCUT2D eigenvalue weighted by Crippen LogP contribution is -2.40. The van der Waals surface area contributed by atoms with E-state index in [4.69, 9.17) is 0 Å². The number of hydrogen-bond acceptors (Lipinski definition) is 3. The topological polar surface area (TPSA) is 49.4 Å². The lowest BCUT2D eigenvalue weighted by atomic mass is 10.0. The van der Waals surface area contributed by atoms with Crippen molar-refractivity contribution >= 4 is 10.0 Å². The highest BCUT2D eigenvalue weighted by Gasteiger charge is 2.24. The highest BCUT2D eigenvalue weighted by Crippen LogP contribution is 2.24. The Morgan fingerprint density at radius 1 is 0.960 bits per heavy atom. The third-order valence-electron chi connectivity index (χ3n) is 4.81. The average Bonchev–Trinajstić information content (AvgIpc) is 2.64. The van der Waals surface area contributed by atoms with Crippen molar-refractivity contribution in [2.45, 2.75) is 37.1 Å². The van der Waals surface area contributed by atoms with Crippen molar-refractivity contribution in [3.63, 3.8) is 0 Å². The second-order valence-corrected chi connectivity index (χ2v) is 8.46. The normalized spacial score (nSPS) is 17.3. The minimum absolute atomic E-state index is 0.0710. The molecule has 1 fully saturated rings. The first-order valence-electron chi connectivity index (χ1n) is 8.91. The first kappa shape index (κ1) is 18.1. The largest absolute Gasteiger partial charge is 0.295 e. The van der Waals surface area contributed by atoms with Crippen molar-refractivity contribution in [3.8, 4) is 0 Å². The van der Waals surface area contributed by atoms with Gasteiger partial charge in [-0.1, -0.05) is 54.4 Å². The zero-order valence-electron chi connectivity index (χ0n) is 14.7. The number of benzene rings is 2. The van der Waals surface area contributed by atoms with Crippen LogP contribution in [-0.4, -0.2) is 33.0 Å². The van der Waals surface area contributed by atoms with Crippen molar-refractivity contribution in [2.24, 2.45) is 0 Å². The van der Waals surface area contributed by atoms with Crippen molar-refractivity contribution in [2.75, 3.05) is 19.6 Å². The molecule has 25 heavy (non-hydrogen) atoms. The van der Waals surface area contributed by atoms with E-state index < -0.39 is 10.0 Å². The van der Waals surface area contributed by atoms with Gasteiger partial charge >= 0.3 is 0 Å². The molecule has 3 rings (SSSR count). The first-order chi connectivity index (χ1) is 12.1. The summed E-state index contributed by atoms with van der Waals surface area (Å²) in [5, 5.41) is 0. The Morgan fingerprint density at radius 3 is 2.24 bits per heavy atom. The van der Waals surface area contributed by atoms with Crippen LogP contribution in [0.5, 0.6) is 0 Å². The van der Waals surface area contributed by atoms with E-state index in [0.29, 0.717) is 11.4 Å². The Morgan fingerprint density at radius 2 is 1.60 bits per heavy atom. The summed E-state index contributed by atoms with van der Waals surface area (Å²) in [5.74, 6) is 0. The Hall–Kier alpha value is -1.69. The smallest absolute Gasteiger partial charge is 0.240 e. The van der Waals surface area contributed by atoms with Gasteiger partial charge in [-0.25, -0.2) is 13.1 Å². The Kier molecular flexibility index (Phi) is 5.89. The Labute approximate surface area is 150 Å². The first-order valence-corrected chi connectivity index (χ1v) is 10.4. The zero-order chi connectivity index (χ0) is 17.7. The molecular formula is C20H26N2O2S. The summed E-state index contributed by atoms with van der Waals surface area (Å²) in [7, 11) is -3.50. The maximum atomic E-state index is 12.6. The van der Waals surface area contributed by atoms with Gasteiger partial charge in [-0.3, -0.25) is 4.90 Å². The zero-order valence-corrected chi connectivity index (χ0v) is 15.5. The van der Waals surface area contributed by atoms with Crippen molar-refractivity contribution < 1.29 is 8.42 Å². The average molecular weight is 359 g/mol. The molecule has 0 aromatic heterocycles. The molecule has 0 aliphatic carbocycles. The van der Waals surface area contributed by atoms with Gasteiger partial charge in [0.1, 0.15) is 0 Å². The summed E-state index contributed by atoms with van der Waals surface area (Å²) in [6.07, 6.45) is 3.61. The molecule has 1 heterocycles. The van der Waals surface area contributed by atoms with Crippen molar-refractivity contribution in [1.82, 2.24) is 9.62 Å². The molecule has 0 unspecified atom stereocenters. The number of nitrogens with zero attached hydrogens (tertiary/aromatic N) is 1. The van der Waals surface area contributed by atoms with Gasteiger partial charge < -0.3 is 0 Å². The summed E-state index contributed by atoms with van der Waals surface area (Å²) in [5.41, 5.74) is 2.21. The van der Waals surface area contributed by atoms with Crippen LogP contribution in [0.25, 0.3) is 0 Å². The molecule has 4 nitrogen and oxygen atoms in total. The number of nitrogens with one attached hydrogen (secondary N) is 1. The summed E-state index contributed by atoms with van der Waals surface area (Å²) in [6, 6.07) is 17.2. The predicted molar refractivity (Wildman–Crippen MR) is 101 cm³/mol. The van der Waals surface area contributed by atoms with Gasteiger partial charge in [-0.15, -0.1) is 0 Å². The van der Waals surface area contributed by atoms with Crippen LogP contribution in [0.15, 0.2) is 59.5 Å². The molecule has 0 spiro atoms. The Balaban J connectivity index is 1.77. The van der Waals surface area contributed by atoms with E-state index in [1.54, 1.807) is 12.1 Å². The molecule has 5 heteroatoms. The van der Waals surface area contributed by atoms with Crippen molar-refractivity contribution in [1.29, 1.82) is 0 Å². The lowest BCUT2D eigenvalue weighted by Gasteiger charge is -2.35. The molecular weight excluding hydrogens is 332 g/mol. The van der Waals surface area contributed by atoms with Gasteiger partial charge in [0, 0.05) is 12.6 Å². The SMILES string of the molecule is Cc1ccc(S(=O)(=O)NC[C@@H](c2ccccc2)N2CCCCC2)cc1. The molecule has 0 bridgehead atoms. The maximum Gasteiger partial charge on any atom is 0.240 e. The maximum absolute atomic E-state index is 12.6. The fourth-order valence-electron chi connectivity index (χ4n) is 3.35. The standard InChI is InChI=1S/C20H26N2O2S/c1-17-10-12-19(13-11-17)25(23,24)21-16-20(18-8-4-2-5-9-18)22-14-6-3-7-15-22/h2,4-5,8-13,20-21H,3,6-7,14-16H2,1H3/t20-/m0/s1. The second-order valence-electron chi connectivity index (χ2n) is 6.69. The summed E-state index contributed by atoms with van der Waals surface area (Å²) in [4.78, 5) is 2.72. The van der Waals surface area contributed by atoms with Gasteiger partial charge in [0.05, 0.1) is 4.90 Å². The fraction of sp³-hybridized carbons (Fsp3) is 0.400. The quantitative estimate of drug-likeness (QED) is 0.860. The number of sulfonamides is 1. The van der Waals surface area contributed by atoms with Crippen LogP contribution >= 0.6 is 0 Å². The van der Waals surface area contributed by atoms with Crippen LogP contribution in [0.1, 0.15) is 36.4 Å². The molecule has 0 amide bonds. The molecule has 1 N–H and O–H groups in total. The van der Waals surface area contributed by atoms with E-state index in [9.17, 15) is 8.42 Å². The van der Waals surface area contributed by atoms with Crippen LogP contribution in [0.2, 0.25) is 0 Å². The van der Waals surface area contributed by atoms with E-state index >= 15 is 0 Å².